The zero-order valence-electron chi connectivity index (χ0n) is 12.7. The fourth-order valence-electron chi connectivity index (χ4n) is 2.57. The van der Waals surface area contributed by atoms with Gasteiger partial charge in [-0.15, -0.1) is 0 Å². The minimum atomic E-state index is -1.02. The van der Waals surface area contributed by atoms with Crippen LogP contribution in [0.3, 0.4) is 0 Å². The van der Waals surface area contributed by atoms with Crippen LogP contribution in [0.15, 0.2) is 35.1 Å². The number of carboxylic acids is 1. The monoisotopic (exact) mass is 332 g/mol. The first-order valence-electron chi connectivity index (χ1n) is 7.37. The number of nitrogens with zero attached hydrogens (tertiary/aromatic N) is 3. The number of rotatable bonds is 6. The zero-order chi connectivity index (χ0) is 17.1. The number of amides is 2. The van der Waals surface area contributed by atoms with E-state index in [0.29, 0.717) is 18.8 Å². The molecule has 0 spiro atoms. The number of hydrogen-bond acceptors (Lipinski definition) is 5. The Morgan fingerprint density at radius 3 is 2.96 bits per heavy atom. The van der Waals surface area contributed by atoms with Gasteiger partial charge in [-0.2, -0.15) is 5.10 Å². The summed E-state index contributed by atoms with van der Waals surface area (Å²) in [6.45, 7) is 0.360. The lowest BCUT2D eigenvalue weighted by Gasteiger charge is -2.14. The molecule has 3 rings (SSSR count). The molecule has 0 bridgehead atoms. The van der Waals surface area contributed by atoms with Crippen molar-refractivity contribution in [1.29, 1.82) is 0 Å². The summed E-state index contributed by atoms with van der Waals surface area (Å²) < 4.78 is 6.42. The molecule has 0 radical (unpaired) electrons. The van der Waals surface area contributed by atoms with E-state index in [1.54, 1.807) is 17.0 Å². The predicted octanol–water partition coefficient (Wildman–Crippen LogP) is 0.548. The van der Waals surface area contributed by atoms with Crippen LogP contribution in [-0.2, 0) is 27.5 Å². The summed E-state index contributed by atoms with van der Waals surface area (Å²) in [4.78, 5) is 36.5. The van der Waals surface area contributed by atoms with Crippen molar-refractivity contribution in [2.45, 2.75) is 19.5 Å². The minimum Gasteiger partial charge on any atom is -0.480 e. The van der Waals surface area contributed by atoms with E-state index >= 15 is 0 Å². The molecule has 9 heteroatoms. The molecular weight excluding hydrogens is 316 g/mol. The van der Waals surface area contributed by atoms with Crippen LogP contribution in [0.1, 0.15) is 12.2 Å². The second-order valence-electron chi connectivity index (χ2n) is 5.54. The standard InChI is InChI=1S/C15H16N4O5/c20-13-6-10(7-18(13)8-11-2-1-5-24-11)15(23)16-12-3-4-19(17-12)9-14(21)22/h1-5,10H,6-9H2,(H,21,22)(H,16,17,23)/t10-/m1/s1. The van der Waals surface area contributed by atoms with Gasteiger partial charge >= 0.3 is 5.97 Å². The highest BCUT2D eigenvalue weighted by Gasteiger charge is 2.34. The number of furan rings is 1. The highest BCUT2D eigenvalue weighted by Crippen LogP contribution is 2.21. The van der Waals surface area contributed by atoms with Gasteiger partial charge in [0.2, 0.25) is 11.8 Å². The van der Waals surface area contributed by atoms with Crippen molar-refractivity contribution in [1.82, 2.24) is 14.7 Å². The lowest BCUT2D eigenvalue weighted by atomic mass is 10.1. The van der Waals surface area contributed by atoms with Gasteiger partial charge in [0.25, 0.3) is 0 Å². The molecule has 0 aliphatic carbocycles. The number of likely N-dealkylation sites (tertiary alicyclic amines) is 1. The highest BCUT2D eigenvalue weighted by molar-refractivity contribution is 5.96. The first-order chi connectivity index (χ1) is 11.5. The smallest absolute Gasteiger partial charge is 0.325 e. The fraction of sp³-hybridized carbons (Fsp3) is 0.333. The first-order valence-corrected chi connectivity index (χ1v) is 7.37. The van der Waals surface area contributed by atoms with Crippen LogP contribution < -0.4 is 5.32 Å². The average molecular weight is 332 g/mol. The van der Waals surface area contributed by atoms with Crippen LogP contribution in [0.2, 0.25) is 0 Å². The van der Waals surface area contributed by atoms with Crippen molar-refractivity contribution in [3.63, 3.8) is 0 Å². The first kappa shape index (κ1) is 15.8. The number of carbonyl (C=O) groups excluding carboxylic acids is 2. The van der Waals surface area contributed by atoms with Gasteiger partial charge in [-0.05, 0) is 12.1 Å². The van der Waals surface area contributed by atoms with E-state index in [9.17, 15) is 14.4 Å². The Bertz CT molecular complexity index is 752. The predicted molar refractivity (Wildman–Crippen MR) is 80.7 cm³/mol. The normalized spacial score (nSPS) is 17.2. The number of aliphatic carboxylic acids is 1. The quantitative estimate of drug-likeness (QED) is 0.797. The number of carboxylic acid groups (broad SMARTS) is 1. The maximum absolute atomic E-state index is 12.3. The Kier molecular flexibility index (Phi) is 4.32. The highest BCUT2D eigenvalue weighted by atomic mass is 16.4. The molecule has 0 saturated carbocycles. The average Bonchev–Trinajstić information content (AvgIpc) is 3.23. The van der Waals surface area contributed by atoms with Crippen molar-refractivity contribution >= 4 is 23.6 Å². The SMILES string of the molecule is O=C(O)Cn1ccc(NC(=O)[C@@H]2CC(=O)N(Cc3ccco3)C2)n1. The van der Waals surface area contributed by atoms with Gasteiger partial charge in [-0.1, -0.05) is 0 Å². The number of nitrogens with one attached hydrogen (secondary N) is 1. The molecule has 1 fully saturated rings. The Labute approximate surface area is 136 Å². The number of anilines is 1. The summed E-state index contributed by atoms with van der Waals surface area (Å²) in [5.74, 6) is -0.994. The molecular formula is C15H16N4O5. The van der Waals surface area contributed by atoms with Gasteiger partial charge in [0.05, 0.1) is 18.7 Å². The van der Waals surface area contributed by atoms with E-state index in [-0.39, 0.29) is 30.6 Å². The van der Waals surface area contributed by atoms with E-state index in [1.165, 1.54) is 23.2 Å². The van der Waals surface area contributed by atoms with Crippen molar-refractivity contribution in [2.24, 2.45) is 5.92 Å². The largest absolute Gasteiger partial charge is 0.480 e. The van der Waals surface area contributed by atoms with Gasteiger partial charge < -0.3 is 19.7 Å². The Balaban J connectivity index is 1.56. The third-order valence-corrected chi connectivity index (χ3v) is 3.70. The molecule has 0 unspecified atom stereocenters. The Hall–Kier alpha value is -3.10. The minimum absolute atomic E-state index is 0.108. The summed E-state index contributed by atoms with van der Waals surface area (Å²) in [7, 11) is 0. The van der Waals surface area contributed by atoms with Crippen molar-refractivity contribution < 1.29 is 23.9 Å². The maximum atomic E-state index is 12.3. The van der Waals surface area contributed by atoms with E-state index in [4.69, 9.17) is 9.52 Å². The third-order valence-electron chi connectivity index (χ3n) is 3.70. The van der Waals surface area contributed by atoms with Crippen LogP contribution in [0.5, 0.6) is 0 Å². The van der Waals surface area contributed by atoms with E-state index in [1.807, 2.05) is 0 Å². The summed E-state index contributed by atoms with van der Waals surface area (Å²) in [6, 6.07) is 5.03. The van der Waals surface area contributed by atoms with Crippen molar-refractivity contribution in [3.05, 3.63) is 36.4 Å². The van der Waals surface area contributed by atoms with E-state index in [2.05, 4.69) is 10.4 Å². The molecule has 2 N–H and O–H groups in total. The van der Waals surface area contributed by atoms with Crippen LogP contribution in [0.4, 0.5) is 5.82 Å². The molecule has 1 aliphatic rings. The van der Waals surface area contributed by atoms with Crippen molar-refractivity contribution in [2.75, 3.05) is 11.9 Å². The van der Waals surface area contributed by atoms with Gasteiger partial charge in [-0.25, -0.2) is 0 Å². The van der Waals surface area contributed by atoms with Crippen LogP contribution in [0.25, 0.3) is 0 Å². The van der Waals surface area contributed by atoms with Crippen molar-refractivity contribution in [3.8, 4) is 0 Å². The molecule has 0 aromatic carbocycles. The number of hydrogen-bond donors (Lipinski definition) is 2. The Morgan fingerprint density at radius 2 is 2.25 bits per heavy atom. The molecule has 2 aromatic rings. The van der Waals surface area contributed by atoms with Crippen LogP contribution >= 0.6 is 0 Å². The molecule has 24 heavy (non-hydrogen) atoms. The van der Waals surface area contributed by atoms with Gasteiger partial charge in [-0.3, -0.25) is 19.1 Å². The number of aromatic nitrogens is 2. The summed E-state index contributed by atoms with van der Waals surface area (Å²) in [5.41, 5.74) is 0. The van der Waals surface area contributed by atoms with Gasteiger partial charge in [0, 0.05) is 25.2 Å². The molecule has 126 valence electrons. The van der Waals surface area contributed by atoms with Gasteiger partial charge in [0.1, 0.15) is 12.3 Å². The van der Waals surface area contributed by atoms with Gasteiger partial charge in [0.15, 0.2) is 5.82 Å². The second-order valence-corrected chi connectivity index (χ2v) is 5.54. The molecule has 9 nitrogen and oxygen atoms in total. The summed E-state index contributed by atoms with van der Waals surface area (Å²) in [5, 5.41) is 15.3. The van der Waals surface area contributed by atoms with E-state index in [0.717, 1.165) is 0 Å². The van der Waals surface area contributed by atoms with Crippen LogP contribution in [0, 0.1) is 5.92 Å². The molecule has 1 saturated heterocycles. The molecule has 3 heterocycles. The maximum Gasteiger partial charge on any atom is 0.325 e. The third kappa shape index (κ3) is 3.62. The molecule has 2 aromatic heterocycles. The zero-order valence-corrected chi connectivity index (χ0v) is 12.7. The summed E-state index contributed by atoms with van der Waals surface area (Å²) in [6.07, 6.45) is 3.13. The second kappa shape index (κ2) is 6.57. The fourth-order valence-corrected chi connectivity index (χ4v) is 2.57. The molecule has 2 amide bonds. The summed E-state index contributed by atoms with van der Waals surface area (Å²) >= 11 is 0. The lowest BCUT2D eigenvalue weighted by molar-refractivity contribution is -0.138. The topological polar surface area (TPSA) is 118 Å². The van der Waals surface area contributed by atoms with Crippen LogP contribution in [-0.4, -0.2) is 44.1 Å². The Morgan fingerprint density at radius 1 is 1.42 bits per heavy atom. The molecule has 1 atom stereocenters. The number of carbonyl (C=O) groups is 3. The van der Waals surface area contributed by atoms with E-state index < -0.39 is 11.9 Å². The lowest BCUT2D eigenvalue weighted by Crippen LogP contribution is -2.28. The molecule has 1 aliphatic heterocycles.